The van der Waals surface area contributed by atoms with Crippen molar-refractivity contribution < 1.29 is 0 Å². The molecule has 1 aromatic heterocycles. The van der Waals surface area contributed by atoms with E-state index in [0.29, 0.717) is 0 Å². The number of para-hydroxylation sites is 1. The second kappa shape index (κ2) is 7.24. The summed E-state index contributed by atoms with van der Waals surface area (Å²) in [4.78, 5) is 6.77. The van der Waals surface area contributed by atoms with Crippen molar-refractivity contribution in [3.05, 3.63) is 103 Å². The molecule has 0 aliphatic carbocycles. The van der Waals surface area contributed by atoms with Crippen LogP contribution in [0.1, 0.15) is 0 Å². The van der Waals surface area contributed by atoms with Gasteiger partial charge >= 0.3 is 0 Å². The summed E-state index contributed by atoms with van der Waals surface area (Å²) in [7, 11) is 2.09. The highest BCUT2D eigenvalue weighted by Crippen LogP contribution is 2.29. The molecule has 0 unspecified atom stereocenters. The molecule has 3 aromatic carbocycles. The van der Waals surface area contributed by atoms with Gasteiger partial charge in [-0.15, -0.1) is 0 Å². The van der Waals surface area contributed by atoms with Crippen molar-refractivity contribution in [2.45, 2.75) is 0 Å². The zero-order chi connectivity index (χ0) is 17.8. The molecule has 4 aromatic rings. The molecule has 0 radical (unpaired) electrons. The second-order valence-corrected chi connectivity index (χ2v) is 6.24. The number of pyridine rings is 1. The minimum atomic E-state index is 0.981. The fourth-order valence-corrected chi connectivity index (χ4v) is 3.07. The van der Waals surface area contributed by atoms with Crippen LogP contribution in [0.25, 0.3) is 22.4 Å². The van der Waals surface area contributed by atoms with E-state index in [4.69, 9.17) is 0 Å². The third-order valence-corrected chi connectivity index (χ3v) is 4.54. The number of hydrogen-bond donors (Lipinski definition) is 0. The number of nitrogens with zero attached hydrogens (tertiary/aromatic N) is 2. The van der Waals surface area contributed by atoms with Gasteiger partial charge in [0.1, 0.15) is 0 Å². The summed E-state index contributed by atoms with van der Waals surface area (Å²) < 4.78 is 0. The summed E-state index contributed by atoms with van der Waals surface area (Å²) >= 11 is 0. The molecule has 0 saturated carbocycles. The van der Waals surface area contributed by atoms with Gasteiger partial charge in [-0.3, -0.25) is 4.98 Å². The Morgan fingerprint density at radius 1 is 0.577 bits per heavy atom. The molecule has 4 rings (SSSR count). The topological polar surface area (TPSA) is 16.1 Å². The van der Waals surface area contributed by atoms with E-state index in [9.17, 15) is 0 Å². The lowest BCUT2D eigenvalue weighted by atomic mass is 10.0. The molecular weight excluding hydrogens is 316 g/mol. The van der Waals surface area contributed by atoms with E-state index >= 15 is 0 Å². The lowest BCUT2D eigenvalue weighted by Gasteiger charge is -2.20. The molecule has 2 heteroatoms. The number of anilines is 2. The van der Waals surface area contributed by atoms with Gasteiger partial charge in [-0.1, -0.05) is 60.7 Å². The van der Waals surface area contributed by atoms with Crippen molar-refractivity contribution in [3.8, 4) is 22.4 Å². The van der Waals surface area contributed by atoms with E-state index in [-0.39, 0.29) is 0 Å². The standard InChI is InChI=1S/C24H20N2/c1-26(22-12-6-3-7-13-22)23-14-8-11-21(17-23)24-18-20(15-16-25-24)19-9-4-2-5-10-19/h2-18H,1H3. The van der Waals surface area contributed by atoms with E-state index in [0.717, 1.165) is 22.6 Å². The zero-order valence-corrected chi connectivity index (χ0v) is 14.7. The Hall–Kier alpha value is -3.39. The Bertz CT molecular complexity index is 995. The van der Waals surface area contributed by atoms with Crippen LogP contribution in [0.4, 0.5) is 11.4 Å². The Kier molecular flexibility index (Phi) is 4.48. The predicted molar refractivity (Wildman–Crippen MR) is 110 cm³/mol. The summed E-state index contributed by atoms with van der Waals surface area (Å²) in [6, 6.07) is 33.5. The molecule has 0 N–H and O–H groups in total. The minimum Gasteiger partial charge on any atom is -0.345 e. The molecule has 0 aliphatic heterocycles. The Morgan fingerprint density at radius 2 is 1.23 bits per heavy atom. The van der Waals surface area contributed by atoms with Crippen molar-refractivity contribution in [3.63, 3.8) is 0 Å². The smallest absolute Gasteiger partial charge is 0.0708 e. The first-order valence-electron chi connectivity index (χ1n) is 8.72. The maximum Gasteiger partial charge on any atom is 0.0708 e. The van der Waals surface area contributed by atoms with Crippen LogP contribution in [0.15, 0.2) is 103 Å². The van der Waals surface area contributed by atoms with Crippen LogP contribution in [0.3, 0.4) is 0 Å². The van der Waals surface area contributed by atoms with Crippen LogP contribution in [0.2, 0.25) is 0 Å². The van der Waals surface area contributed by atoms with E-state index < -0.39 is 0 Å². The monoisotopic (exact) mass is 336 g/mol. The molecule has 0 fully saturated rings. The van der Waals surface area contributed by atoms with Crippen LogP contribution < -0.4 is 4.90 Å². The van der Waals surface area contributed by atoms with E-state index in [2.05, 4.69) is 102 Å². The summed E-state index contributed by atoms with van der Waals surface area (Å²) in [5.74, 6) is 0. The van der Waals surface area contributed by atoms with Crippen molar-refractivity contribution in [1.29, 1.82) is 0 Å². The van der Waals surface area contributed by atoms with Crippen LogP contribution in [0.5, 0.6) is 0 Å². The molecule has 0 spiro atoms. The summed E-state index contributed by atoms with van der Waals surface area (Å²) in [5.41, 5.74) is 6.78. The molecule has 26 heavy (non-hydrogen) atoms. The lowest BCUT2D eigenvalue weighted by Crippen LogP contribution is -2.09. The number of aromatic nitrogens is 1. The minimum absolute atomic E-state index is 0.981. The normalized spacial score (nSPS) is 10.5. The summed E-state index contributed by atoms with van der Waals surface area (Å²) in [6.07, 6.45) is 1.88. The van der Waals surface area contributed by atoms with Gasteiger partial charge < -0.3 is 4.90 Å². The van der Waals surface area contributed by atoms with Crippen molar-refractivity contribution in [1.82, 2.24) is 4.98 Å². The van der Waals surface area contributed by atoms with Gasteiger partial charge in [-0.05, 0) is 47.5 Å². The highest BCUT2D eigenvalue weighted by atomic mass is 15.1. The maximum atomic E-state index is 4.59. The largest absolute Gasteiger partial charge is 0.345 e. The van der Waals surface area contributed by atoms with Crippen molar-refractivity contribution in [2.75, 3.05) is 11.9 Å². The third-order valence-electron chi connectivity index (χ3n) is 4.54. The molecule has 0 amide bonds. The molecule has 126 valence electrons. The highest BCUT2D eigenvalue weighted by Gasteiger charge is 2.07. The third kappa shape index (κ3) is 3.35. The SMILES string of the molecule is CN(c1ccccc1)c1cccc(-c2cc(-c3ccccc3)ccn2)c1. The highest BCUT2D eigenvalue weighted by molar-refractivity contribution is 5.74. The van der Waals surface area contributed by atoms with Gasteiger partial charge in [-0.2, -0.15) is 0 Å². The number of rotatable bonds is 4. The summed E-state index contributed by atoms with van der Waals surface area (Å²) in [6.45, 7) is 0. The average molecular weight is 336 g/mol. The molecule has 0 bridgehead atoms. The first-order valence-corrected chi connectivity index (χ1v) is 8.72. The van der Waals surface area contributed by atoms with Gasteiger partial charge in [0.2, 0.25) is 0 Å². The molecule has 0 aliphatic rings. The van der Waals surface area contributed by atoms with Crippen LogP contribution >= 0.6 is 0 Å². The Labute approximate surface area is 154 Å². The Balaban J connectivity index is 1.69. The quantitative estimate of drug-likeness (QED) is 0.442. The summed E-state index contributed by atoms with van der Waals surface area (Å²) in [5, 5.41) is 0. The van der Waals surface area contributed by atoms with Gasteiger partial charge in [0, 0.05) is 30.2 Å². The Morgan fingerprint density at radius 3 is 2.00 bits per heavy atom. The number of benzene rings is 3. The molecule has 0 atom stereocenters. The first kappa shape index (κ1) is 16.1. The number of hydrogen-bond acceptors (Lipinski definition) is 2. The average Bonchev–Trinajstić information content (AvgIpc) is 2.75. The van der Waals surface area contributed by atoms with E-state index in [1.54, 1.807) is 0 Å². The van der Waals surface area contributed by atoms with Gasteiger partial charge in [0.15, 0.2) is 0 Å². The second-order valence-electron chi connectivity index (χ2n) is 6.24. The maximum absolute atomic E-state index is 4.59. The molecule has 1 heterocycles. The predicted octanol–water partition coefficient (Wildman–Crippen LogP) is 6.18. The van der Waals surface area contributed by atoms with Gasteiger partial charge in [0.25, 0.3) is 0 Å². The zero-order valence-electron chi connectivity index (χ0n) is 14.7. The fraction of sp³-hybridized carbons (Fsp3) is 0.0417. The molecular formula is C24H20N2. The molecule has 0 saturated heterocycles. The first-order chi connectivity index (χ1) is 12.8. The van der Waals surface area contributed by atoms with Crippen molar-refractivity contribution >= 4 is 11.4 Å². The van der Waals surface area contributed by atoms with Crippen LogP contribution in [0, 0.1) is 0 Å². The van der Waals surface area contributed by atoms with Gasteiger partial charge in [-0.25, -0.2) is 0 Å². The van der Waals surface area contributed by atoms with Gasteiger partial charge in [0.05, 0.1) is 5.69 Å². The fourth-order valence-electron chi connectivity index (χ4n) is 3.07. The molecule has 2 nitrogen and oxygen atoms in total. The van der Waals surface area contributed by atoms with Crippen LogP contribution in [-0.2, 0) is 0 Å². The lowest BCUT2D eigenvalue weighted by molar-refractivity contribution is 1.21. The van der Waals surface area contributed by atoms with Crippen molar-refractivity contribution in [2.24, 2.45) is 0 Å². The van der Waals surface area contributed by atoms with Crippen LogP contribution in [-0.4, -0.2) is 12.0 Å². The van der Waals surface area contributed by atoms with E-state index in [1.807, 2.05) is 18.3 Å². The van der Waals surface area contributed by atoms with E-state index in [1.165, 1.54) is 11.1 Å².